The zero-order valence-electron chi connectivity index (χ0n) is 22.3. The molecule has 0 bridgehead atoms. The third-order valence-electron chi connectivity index (χ3n) is 12.0. The van der Waals surface area contributed by atoms with Crippen molar-refractivity contribution in [3.8, 4) is 0 Å². The molecule has 4 aliphatic carbocycles. The Morgan fingerprint density at radius 3 is 2.44 bits per heavy atom. The number of ketones is 1. The van der Waals surface area contributed by atoms with Crippen molar-refractivity contribution in [3.63, 3.8) is 0 Å². The first-order valence-electron chi connectivity index (χ1n) is 13.7. The van der Waals surface area contributed by atoms with Crippen LogP contribution in [0.4, 0.5) is 0 Å². The first kappa shape index (κ1) is 24.6. The average Bonchev–Trinajstić information content (AvgIpc) is 3.00. The molecule has 0 aromatic rings. The summed E-state index contributed by atoms with van der Waals surface area (Å²) in [6.45, 7) is 16.0. The fourth-order valence-corrected chi connectivity index (χ4v) is 9.33. The highest BCUT2D eigenvalue weighted by molar-refractivity contribution is 6.11. The van der Waals surface area contributed by atoms with Gasteiger partial charge in [-0.05, 0) is 105 Å². The molecule has 0 heterocycles. The van der Waals surface area contributed by atoms with Gasteiger partial charge in [-0.2, -0.15) is 0 Å². The van der Waals surface area contributed by atoms with Crippen LogP contribution in [0.3, 0.4) is 0 Å². The van der Waals surface area contributed by atoms with E-state index in [1.165, 1.54) is 51.4 Å². The van der Waals surface area contributed by atoms with Crippen molar-refractivity contribution in [1.82, 2.24) is 0 Å². The number of hydrogen-bond acceptors (Lipinski definition) is 2. The highest BCUT2D eigenvalue weighted by Gasteiger charge is 2.61. The van der Waals surface area contributed by atoms with E-state index in [-0.39, 0.29) is 5.78 Å². The summed E-state index contributed by atoms with van der Waals surface area (Å²) in [5, 5.41) is 10.1. The zero-order chi connectivity index (χ0) is 23.7. The van der Waals surface area contributed by atoms with Crippen LogP contribution in [-0.4, -0.2) is 24.3 Å². The molecule has 4 rings (SSSR count). The second kappa shape index (κ2) is 7.99. The lowest BCUT2D eigenvalue weighted by Gasteiger charge is -2.60. The average molecular weight is 441 g/mol. The number of fused-ring (bicyclic) bond motifs is 4. The summed E-state index contributed by atoms with van der Waals surface area (Å²) in [6, 6.07) is 0. The monoisotopic (exact) mass is 440 g/mol. The number of aliphatic hydroxyl groups is 1. The summed E-state index contributed by atoms with van der Waals surface area (Å²) >= 11 is 0. The van der Waals surface area contributed by atoms with E-state index in [1.54, 1.807) is 13.8 Å². The van der Waals surface area contributed by atoms with Crippen LogP contribution >= 0.6 is 0 Å². The van der Waals surface area contributed by atoms with Crippen LogP contribution in [0.25, 0.3) is 0 Å². The standard InChI is InChI=1S/C29H49BO2/c1-18(8-11-25(31)26(3,4)32)20-12-16-29(7)23-10-9-21-19(2)24(30)14-15-27(21,5)22(23)13-17-28(20,29)6/h18-21,24,32H,8-17,30H2,1-7H3/t18?,19?,20?,21-,24-,27-,28+,29-/m0/s1. The van der Waals surface area contributed by atoms with Gasteiger partial charge in [0.05, 0.1) is 0 Å². The molecule has 2 nitrogen and oxygen atoms in total. The molecular weight excluding hydrogens is 391 g/mol. The Bertz CT molecular complexity index is 793. The van der Waals surface area contributed by atoms with E-state index in [4.69, 9.17) is 0 Å². The minimum Gasteiger partial charge on any atom is -0.383 e. The molecule has 0 aliphatic heterocycles. The molecule has 0 aromatic carbocycles. The van der Waals surface area contributed by atoms with Gasteiger partial charge >= 0.3 is 0 Å². The van der Waals surface area contributed by atoms with E-state index >= 15 is 0 Å². The van der Waals surface area contributed by atoms with Crippen molar-refractivity contribution >= 4 is 13.6 Å². The Kier molecular flexibility index (Phi) is 6.13. The Morgan fingerprint density at radius 2 is 1.78 bits per heavy atom. The maximum atomic E-state index is 12.4. The lowest BCUT2D eigenvalue weighted by atomic mass is 9.43. The van der Waals surface area contributed by atoms with Crippen LogP contribution in [0.5, 0.6) is 0 Å². The SMILES string of the molecule is B[C@H]1CC[C@]2(C)C3=C(CC[C@H]2C1C)[C@]1(C)CCC(C(C)CCC(=O)C(C)(C)O)[C@@]1(C)CC3. The Balaban J connectivity index is 1.59. The molecule has 0 spiro atoms. The summed E-state index contributed by atoms with van der Waals surface area (Å²) in [7, 11) is 2.49. The molecule has 4 aliphatic rings. The van der Waals surface area contributed by atoms with E-state index in [2.05, 4.69) is 42.5 Å². The third kappa shape index (κ3) is 3.50. The van der Waals surface area contributed by atoms with Crippen LogP contribution in [0, 0.1) is 39.9 Å². The van der Waals surface area contributed by atoms with Crippen molar-refractivity contribution in [1.29, 1.82) is 0 Å². The Morgan fingerprint density at radius 1 is 1.09 bits per heavy atom. The fourth-order valence-electron chi connectivity index (χ4n) is 9.33. The van der Waals surface area contributed by atoms with Crippen molar-refractivity contribution in [2.24, 2.45) is 39.9 Å². The largest absolute Gasteiger partial charge is 0.383 e. The molecule has 180 valence electrons. The normalized spacial score (nSPS) is 45.1. The summed E-state index contributed by atoms with van der Waals surface area (Å²) in [5.74, 6) is 3.83. The van der Waals surface area contributed by atoms with Gasteiger partial charge in [-0.15, -0.1) is 0 Å². The van der Waals surface area contributed by atoms with E-state index in [0.29, 0.717) is 34.5 Å². The molecule has 3 heteroatoms. The van der Waals surface area contributed by atoms with E-state index < -0.39 is 5.60 Å². The quantitative estimate of drug-likeness (QED) is 0.390. The molecule has 3 unspecified atom stereocenters. The molecule has 8 atom stereocenters. The van der Waals surface area contributed by atoms with Gasteiger partial charge in [-0.3, -0.25) is 4.79 Å². The van der Waals surface area contributed by atoms with E-state index in [9.17, 15) is 9.90 Å². The van der Waals surface area contributed by atoms with Gasteiger partial charge in [0.2, 0.25) is 0 Å². The molecule has 2 fully saturated rings. The van der Waals surface area contributed by atoms with Crippen LogP contribution in [0.1, 0.15) is 113 Å². The van der Waals surface area contributed by atoms with Crippen LogP contribution in [0.2, 0.25) is 5.82 Å². The number of rotatable bonds is 5. The Hall–Kier alpha value is -0.565. The van der Waals surface area contributed by atoms with Crippen molar-refractivity contribution in [2.75, 3.05) is 0 Å². The molecule has 0 radical (unpaired) electrons. The fraction of sp³-hybridized carbons (Fsp3) is 0.897. The topological polar surface area (TPSA) is 37.3 Å². The molecule has 0 amide bonds. The van der Waals surface area contributed by atoms with Gasteiger partial charge in [-0.1, -0.05) is 58.0 Å². The molecule has 1 N–H and O–H groups in total. The zero-order valence-corrected chi connectivity index (χ0v) is 22.3. The number of carbonyl (C=O) groups excluding carboxylic acids is 1. The van der Waals surface area contributed by atoms with Crippen LogP contribution < -0.4 is 0 Å². The molecular formula is C29H49BO2. The second-order valence-electron chi connectivity index (χ2n) is 13.8. The molecule has 0 saturated heterocycles. The summed E-state index contributed by atoms with van der Waals surface area (Å²) in [6.07, 6.45) is 12.2. The summed E-state index contributed by atoms with van der Waals surface area (Å²) in [5.41, 5.74) is 3.68. The number of hydrogen-bond donors (Lipinski definition) is 1. The minimum atomic E-state index is -1.19. The molecule has 2 saturated carbocycles. The smallest absolute Gasteiger partial charge is 0.163 e. The predicted molar refractivity (Wildman–Crippen MR) is 136 cm³/mol. The van der Waals surface area contributed by atoms with Crippen molar-refractivity contribution in [2.45, 2.75) is 124 Å². The lowest BCUT2D eigenvalue weighted by molar-refractivity contribution is -0.134. The first-order valence-corrected chi connectivity index (χ1v) is 13.7. The number of carbonyl (C=O) groups is 1. The third-order valence-corrected chi connectivity index (χ3v) is 12.0. The van der Waals surface area contributed by atoms with Gasteiger partial charge in [0.25, 0.3) is 0 Å². The second-order valence-corrected chi connectivity index (χ2v) is 13.8. The van der Waals surface area contributed by atoms with Gasteiger partial charge in [0.15, 0.2) is 5.78 Å². The van der Waals surface area contributed by atoms with Gasteiger partial charge < -0.3 is 5.11 Å². The number of allylic oxidation sites excluding steroid dienone is 2. The van der Waals surface area contributed by atoms with Crippen LogP contribution in [0.15, 0.2) is 11.1 Å². The van der Waals surface area contributed by atoms with Gasteiger partial charge in [-0.25, -0.2) is 0 Å². The first-order chi connectivity index (χ1) is 14.8. The van der Waals surface area contributed by atoms with E-state index in [1.807, 2.05) is 11.1 Å². The van der Waals surface area contributed by atoms with Gasteiger partial charge in [0, 0.05) is 6.42 Å². The highest BCUT2D eigenvalue weighted by atomic mass is 16.3. The highest BCUT2D eigenvalue weighted by Crippen LogP contribution is 2.72. The van der Waals surface area contributed by atoms with E-state index in [0.717, 1.165) is 24.1 Å². The lowest BCUT2D eigenvalue weighted by Crippen LogP contribution is -2.50. The van der Waals surface area contributed by atoms with Gasteiger partial charge in [0.1, 0.15) is 13.4 Å². The molecule has 0 aromatic heterocycles. The maximum Gasteiger partial charge on any atom is 0.163 e. The van der Waals surface area contributed by atoms with Crippen molar-refractivity contribution in [3.05, 3.63) is 11.1 Å². The Labute approximate surface area is 198 Å². The minimum absolute atomic E-state index is 0.00389. The molecule has 32 heavy (non-hydrogen) atoms. The summed E-state index contributed by atoms with van der Waals surface area (Å²) in [4.78, 5) is 12.4. The maximum absolute atomic E-state index is 12.4. The summed E-state index contributed by atoms with van der Waals surface area (Å²) < 4.78 is 0. The van der Waals surface area contributed by atoms with Crippen molar-refractivity contribution < 1.29 is 9.90 Å². The predicted octanol–water partition coefficient (Wildman–Crippen LogP) is 6.52. The van der Waals surface area contributed by atoms with Crippen LogP contribution in [-0.2, 0) is 4.79 Å². The number of Topliss-reactive ketones (excluding diaryl/α,β-unsaturated/α-hetero) is 1.